The molecule has 0 saturated heterocycles. The molecule has 0 spiro atoms. The van der Waals surface area contributed by atoms with Gasteiger partial charge in [0.25, 0.3) is 11.8 Å². The van der Waals surface area contributed by atoms with Crippen LogP contribution >= 0.6 is 0 Å². The molecule has 5 nitrogen and oxygen atoms in total. The van der Waals surface area contributed by atoms with Crippen LogP contribution in [-0.2, 0) is 11.2 Å². The van der Waals surface area contributed by atoms with Crippen LogP contribution in [0.5, 0.6) is 0 Å². The lowest BCUT2D eigenvalue weighted by atomic mass is 10.0. The van der Waals surface area contributed by atoms with Crippen LogP contribution in [0, 0.1) is 0 Å². The summed E-state index contributed by atoms with van der Waals surface area (Å²) in [5.41, 5.74) is 1.63. The smallest absolute Gasteiger partial charge is 0.262 e. The molecule has 1 atom stereocenters. The van der Waals surface area contributed by atoms with Gasteiger partial charge in [0.2, 0.25) is 5.91 Å². The molecule has 2 aromatic carbocycles. The predicted octanol–water partition coefficient (Wildman–Crippen LogP) is 2.64. The minimum atomic E-state index is -0.854. The van der Waals surface area contributed by atoms with Gasteiger partial charge in [-0.3, -0.25) is 19.3 Å². The van der Waals surface area contributed by atoms with E-state index in [0.29, 0.717) is 24.1 Å². The van der Waals surface area contributed by atoms with Crippen molar-refractivity contribution >= 4 is 17.7 Å². The molecule has 0 N–H and O–H groups in total. The van der Waals surface area contributed by atoms with Crippen molar-refractivity contribution in [2.75, 3.05) is 6.54 Å². The number of carbonyl (C=O) groups excluding carboxylic acids is 3. The van der Waals surface area contributed by atoms with Gasteiger partial charge in [0, 0.05) is 19.2 Å². The molecule has 130 valence electrons. The van der Waals surface area contributed by atoms with E-state index in [2.05, 4.69) is 0 Å². The average molecular weight is 346 g/mol. The SMILES string of the molecule is O=C(C(Cc1ccccc1)N1C(=O)c2ccccc2C1=O)N1C=CCC1. The summed E-state index contributed by atoms with van der Waals surface area (Å²) in [5.74, 6) is -1.02. The van der Waals surface area contributed by atoms with Crippen molar-refractivity contribution in [2.45, 2.75) is 18.9 Å². The molecular formula is C21H18N2O3. The second-order valence-corrected chi connectivity index (χ2v) is 6.44. The molecule has 0 aliphatic carbocycles. The van der Waals surface area contributed by atoms with E-state index in [1.54, 1.807) is 35.4 Å². The van der Waals surface area contributed by atoms with Gasteiger partial charge >= 0.3 is 0 Å². The number of hydrogen-bond acceptors (Lipinski definition) is 3. The van der Waals surface area contributed by atoms with E-state index in [0.717, 1.165) is 16.9 Å². The van der Waals surface area contributed by atoms with Gasteiger partial charge < -0.3 is 4.90 Å². The third-order valence-electron chi connectivity index (χ3n) is 4.80. The average Bonchev–Trinajstić information content (AvgIpc) is 3.29. The molecule has 5 heteroatoms. The van der Waals surface area contributed by atoms with E-state index >= 15 is 0 Å². The van der Waals surface area contributed by atoms with Gasteiger partial charge in [-0.05, 0) is 24.1 Å². The summed E-state index contributed by atoms with van der Waals surface area (Å²) in [4.78, 5) is 41.6. The van der Waals surface area contributed by atoms with E-state index in [1.165, 1.54) is 0 Å². The maximum Gasteiger partial charge on any atom is 0.262 e. The normalized spacial score (nSPS) is 16.9. The summed E-state index contributed by atoms with van der Waals surface area (Å²) in [6, 6.07) is 15.3. The quantitative estimate of drug-likeness (QED) is 0.800. The zero-order valence-electron chi connectivity index (χ0n) is 14.2. The molecule has 0 fully saturated rings. The first-order chi connectivity index (χ1) is 12.7. The minimum Gasteiger partial charge on any atom is -0.317 e. The van der Waals surface area contributed by atoms with Crippen molar-refractivity contribution < 1.29 is 14.4 Å². The second kappa shape index (κ2) is 6.59. The Morgan fingerprint density at radius 3 is 2.12 bits per heavy atom. The third kappa shape index (κ3) is 2.71. The lowest BCUT2D eigenvalue weighted by Gasteiger charge is -2.28. The van der Waals surface area contributed by atoms with Crippen LogP contribution in [0.15, 0.2) is 66.9 Å². The van der Waals surface area contributed by atoms with Crippen molar-refractivity contribution in [3.05, 3.63) is 83.6 Å². The van der Waals surface area contributed by atoms with Crippen LogP contribution in [0.1, 0.15) is 32.7 Å². The molecule has 3 amide bonds. The van der Waals surface area contributed by atoms with Crippen molar-refractivity contribution in [3.63, 3.8) is 0 Å². The second-order valence-electron chi connectivity index (χ2n) is 6.44. The van der Waals surface area contributed by atoms with Crippen molar-refractivity contribution in [1.82, 2.24) is 9.80 Å². The third-order valence-corrected chi connectivity index (χ3v) is 4.80. The molecule has 0 radical (unpaired) electrons. The summed E-state index contributed by atoms with van der Waals surface area (Å²) in [5, 5.41) is 0. The predicted molar refractivity (Wildman–Crippen MR) is 96.3 cm³/mol. The van der Waals surface area contributed by atoms with Gasteiger partial charge in [-0.1, -0.05) is 48.5 Å². The highest BCUT2D eigenvalue weighted by atomic mass is 16.2. The fourth-order valence-electron chi connectivity index (χ4n) is 3.48. The summed E-state index contributed by atoms with van der Waals surface area (Å²) in [7, 11) is 0. The Labute approximate surface area is 151 Å². The molecule has 0 aromatic heterocycles. The number of imide groups is 1. The van der Waals surface area contributed by atoms with Crippen LogP contribution in [0.3, 0.4) is 0 Å². The molecule has 4 rings (SSSR count). The Kier molecular flexibility index (Phi) is 4.13. The van der Waals surface area contributed by atoms with Gasteiger partial charge in [-0.2, -0.15) is 0 Å². The van der Waals surface area contributed by atoms with Crippen LogP contribution in [0.2, 0.25) is 0 Å². The van der Waals surface area contributed by atoms with Gasteiger partial charge in [0.15, 0.2) is 0 Å². The molecule has 0 saturated carbocycles. The summed E-state index contributed by atoms with van der Waals surface area (Å²) in [6.45, 7) is 0.577. The molecule has 2 aliphatic heterocycles. The van der Waals surface area contributed by atoms with Gasteiger partial charge in [-0.15, -0.1) is 0 Å². The Bertz CT molecular complexity index is 869. The number of rotatable bonds is 4. The maximum absolute atomic E-state index is 13.1. The Balaban J connectivity index is 1.71. The van der Waals surface area contributed by atoms with Crippen molar-refractivity contribution in [2.24, 2.45) is 0 Å². The van der Waals surface area contributed by atoms with Crippen molar-refractivity contribution in [3.8, 4) is 0 Å². The number of fused-ring (bicyclic) bond motifs is 1. The highest BCUT2D eigenvalue weighted by molar-refractivity contribution is 6.22. The van der Waals surface area contributed by atoms with E-state index in [1.807, 2.05) is 36.4 Å². The Hall–Kier alpha value is -3.21. The van der Waals surface area contributed by atoms with Crippen LogP contribution in [0.25, 0.3) is 0 Å². The van der Waals surface area contributed by atoms with Crippen LogP contribution < -0.4 is 0 Å². The molecule has 1 unspecified atom stereocenters. The van der Waals surface area contributed by atoms with Crippen LogP contribution in [0.4, 0.5) is 0 Å². The number of benzene rings is 2. The fraction of sp³-hybridized carbons (Fsp3) is 0.190. The summed E-state index contributed by atoms with van der Waals surface area (Å²) in [6.07, 6.45) is 4.74. The lowest BCUT2D eigenvalue weighted by molar-refractivity contribution is -0.132. The van der Waals surface area contributed by atoms with E-state index in [-0.39, 0.29) is 5.91 Å². The monoisotopic (exact) mass is 346 g/mol. The molecule has 26 heavy (non-hydrogen) atoms. The molecule has 2 heterocycles. The zero-order valence-corrected chi connectivity index (χ0v) is 14.2. The largest absolute Gasteiger partial charge is 0.317 e. The van der Waals surface area contributed by atoms with Gasteiger partial charge in [0.05, 0.1) is 11.1 Å². The maximum atomic E-state index is 13.1. The molecule has 2 aromatic rings. The number of carbonyl (C=O) groups is 3. The summed E-state index contributed by atoms with van der Waals surface area (Å²) >= 11 is 0. The van der Waals surface area contributed by atoms with E-state index in [4.69, 9.17) is 0 Å². The summed E-state index contributed by atoms with van der Waals surface area (Å²) < 4.78 is 0. The molecule has 0 bridgehead atoms. The Morgan fingerprint density at radius 2 is 1.54 bits per heavy atom. The van der Waals surface area contributed by atoms with Gasteiger partial charge in [-0.25, -0.2) is 0 Å². The number of amides is 3. The number of hydrogen-bond donors (Lipinski definition) is 0. The highest BCUT2D eigenvalue weighted by Crippen LogP contribution is 2.27. The van der Waals surface area contributed by atoms with Crippen LogP contribution in [-0.4, -0.2) is 40.1 Å². The first-order valence-electron chi connectivity index (χ1n) is 8.65. The molecular weight excluding hydrogens is 328 g/mol. The number of nitrogens with zero attached hydrogens (tertiary/aromatic N) is 2. The lowest BCUT2D eigenvalue weighted by Crippen LogP contribution is -2.50. The van der Waals surface area contributed by atoms with E-state index < -0.39 is 17.9 Å². The van der Waals surface area contributed by atoms with E-state index in [9.17, 15) is 14.4 Å². The first-order valence-corrected chi connectivity index (χ1v) is 8.65. The van der Waals surface area contributed by atoms with Gasteiger partial charge in [0.1, 0.15) is 6.04 Å². The fourth-order valence-corrected chi connectivity index (χ4v) is 3.48. The Morgan fingerprint density at radius 1 is 0.923 bits per heavy atom. The highest BCUT2D eigenvalue weighted by Gasteiger charge is 2.43. The standard InChI is InChI=1S/C21H18N2O3/c24-19-16-10-4-5-11-17(16)20(25)23(19)18(14-15-8-2-1-3-9-15)21(26)22-12-6-7-13-22/h1-6,8-12,18H,7,13-14H2. The minimum absolute atomic E-state index is 0.225. The van der Waals surface area contributed by atoms with Crippen molar-refractivity contribution in [1.29, 1.82) is 0 Å². The first kappa shape index (κ1) is 16.3. The zero-order chi connectivity index (χ0) is 18.1. The topological polar surface area (TPSA) is 57.7 Å². The molecule has 2 aliphatic rings.